The van der Waals surface area contributed by atoms with Crippen molar-refractivity contribution >= 4 is 47.6 Å². The molecule has 2 aliphatic rings. The number of halogens is 2. The van der Waals surface area contributed by atoms with Crippen LogP contribution in [0, 0.1) is 29.6 Å². The predicted octanol–water partition coefficient (Wildman–Crippen LogP) is 6.53. The van der Waals surface area contributed by atoms with Crippen LogP contribution in [0.3, 0.4) is 0 Å². The van der Waals surface area contributed by atoms with Crippen molar-refractivity contribution in [2.24, 2.45) is 32.2 Å². The number of amides is 1. The molecule has 1 aliphatic heterocycles. The maximum atomic E-state index is 16.3. The van der Waals surface area contributed by atoms with Crippen LogP contribution in [0.1, 0.15) is 71.4 Å². The molecule has 0 spiro atoms. The summed E-state index contributed by atoms with van der Waals surface area (Å²) >= 11 is 6.37. The molecule has 1 atom stereocenters. The molecule has 1 aromatic heterocycles. The molecule has 3 rings (SSSR count). The minimum atomic E-state index is -1.61. The molecule has 2 heterocycles. The zero-order chi connectivity index (χ0) is 29.8. The molecule has 11 heteroatoms. The fourth-order valence-corrected chi connectivity index (χ4v) is 4.76. The van der Waals surface area contributed by atoms with Gasteiger partial charge in [0, 0.05) is 24.5 Å². The van der Waals surface area contributed by atoms with Crippen molar-refractivity contribution in [2.45, 2.75) is 72.9 Å². The molecule has 0 bridgehead atoms. The molecule has 0 saturated heterocycles. The summed E-state index contributed by atoms with van der Waals surface area (Å²) in [5.41, 5.74) is 2.74. The van der Waals surface area contributed by atoms with Crippen molar-refractivity contribution < 1.29 is 14.3 Å². The third-order valence-electron chi connectivity index (χ3n) is 7.87. The summed E-state index contributed by atoms with van der Waals surface area (Å²) in [7, 11) is 0. The van der Waals surface area contributed by atoms with Gasteiger partial charge >= 0.3 is 6.09 Å². The zero-order valence-corrected chi connectivity index (χ0v) is 24.9. The van der Waals surface area contributed by atoms with Crippen LogP contribution in [0.2, 0.25) is 5.02 Å². The maximum absolute atomic E-state index is 16.3. The second-order valence-electron chi connectivity index (χ2n) is 11.9. The summed E-state index contributed by atoms with van der Waals surface area (Å²) in [6.45, 7) is 15.5. The maximum Gasteiger partial charge on any atom is 0.410 e. The lowest BCUT2D eigenvalue weighted by molar-refractivity contribution is 0.0158. The van der Waals surface area contributed by atoms with Gasteiger partial charge in [-0.25, -0.2) is 24.2 Å². The first-order valence-corrected chi connectivity index (χ1v) is 13.8. The van der Waals surface area contributed by atoms with E-state index in [1.165, 1.54) is 6.20 Å². The van der Waals surface area contributed by atoms with E-state index in [0.717, 1.165) is 25.7 Å². The van der Waals surface area contributed by atoms with Crippen LogP contribution in [0.4, 0.5) is 9.18 Å². The van der Waals surface area contributed by atoms with Crippen molar-refractivity contribution in [3.63, 3.8) is 0 Å². The van der Waals surface area contributed by atoms with Gasteiger partial charge in [-0.15, -0.1) is 0 Å². The first-order valence-electron chi connectivity index (χ1n) is 13.4. The van der Waals surface area contributed by atoms with Crippen molar-refractivity contribution in [3.05, 3.63) is 40.0 Å². The Morgan fingerprint density at radius 2 is 1.93 bits per heavy atom. The van der Waals surface area contributed by atoms with Crippen molar-refractivity contribution in [1.29, 1.82) is 5.41 Å². The van der Waals surface area contributed by atoms with Crippen LogP contribution in [0.25, 0.3) is 5.70 Å². The Bertz CT molecular complexity index is 1300. The number of nitrogens with zero attached hydrogens (tertiary/aromatic N) is 5. The highest BCUT2D eigenvalue weighted by Gasteiger charge is 2.41. The summed E-state index contributed by atoms with van der Waals surface area (Å²) in [5.74, 6) is 0.239. The fourth-order valence-electron chi connectivity index (χ4n) is 4.61. The number of carbonyl (C=O) groups is 1. The molecule has 216 valence electrons. The number of aromatic nitrogens is 1. The van der Waals surface area contributed by atoms with Gasteiger partial charge in [-0.2, -0.15) is 0 Å². The minimum absolute atomic E-state index is 0.0274. The van der Waals surface area contributed by atoms with E-state index >= 15 is 4.39 Å². The number of nitrogens with one attached hydrogen (secondary N) is 2. The first-order chi connectivity index (χ1) is 18.6. The largest absolute Gasteiger partial charge is 0.465 e. The zero-order valence-electron chi connectivity index (χ0n) is 24.1. The van der Waals surface area contributed by atoms with E-state index in [1.54, 1.807) is 20.0 Å². The molecule has 1 aliphatic carbocycles. The van der Waals surface area contributed by atoms with Crippen molar-refractivity contribution in [1.82, 2.24) is 15.2 Å². The molecular formula is C29H39ClFN7O2. The van der Waals surface area contributed by atoms with Gasteiger partial charge in [-0.3, -0.25) is 15.7 Å². The second kappa shape index (κ2) is 12.4. The second-order valence-corrected chi connectivity index (χ2v) is 12.3. The lowest BCUT2D eigenvalue weighted by atomic mass is 9.78. The summed E-state index contributed by atoms with van der Waals surface area (Å²) in [4.78, 5) is 30.4. The van der Waals surface area contributed by atoms with Gasteiger partial charge in [0.15, 0.2) is 17.5 Å². The molecule has 1 fully saturated rings. The number of amidine groups is 3. The van der Waals surface area contributed by atoms with E-state index in [2.05, 4.69) is 39.3 Å². The highest BCUT2D eigenvalue weighted by molar-refractivity contribution is 6.44. The van der Waals surface area contributed by atoms with E-state index in [4.69, 9.17) is 17.0 Å². The fraction of sp³-hybridized carbons (Fsp3) is 0.552. The SMILES string of the molecule is C=NC1=NC(C(=N)NC(=O)O)=NC(c2cncc(Cl)c2C)=C=C1N(CC(C)(F)C(C)(C)C)C[C@H]1CC[C@H](C)CC1. The third-order valence-corrected chi connectivity index (χ3v) is 8.26. The first kappa shape index (κ1) is 31.2. The van der Waals surface area contributed by atoms with Gasteiger partial charge in [-0.05, 0) is 56.2 Å². The van der Waals surface area contributed by atoms with E-state index < -0.39 is 23.0 Å². The average Bonchev–Trinajstić information content (AvgIpc) is 3.05. The van der Waals surface area contributed by atoms with Crippen LogP contribution in [-0.2, 0) is 0 Å². The highest BCUT2D eigenvalue weighted by Crippen LogP contribution is 2.37. The minimum Gasteiger partial charge on any atom is -0.465 e. The molecule has 9 nitrogen and oxygen atoms in total. The summed E-state index contributed by atoms with van der Waals surface area (Å²) in [6, 6.07) is 0. The lowest BCUT2D eigenvalue weighted by Gasteiger charge is -2.41. The molecule has 1 unspecified atom stereocenters. The van der Waals surface area contributed by atoms with Crippen molar-refractivity contribution in [3.8, 4) is 0 Å². The molecule has 3 N–H and O–H groups in total. The molecule has 1 amide bonds. The number of hydrogen-bond donors (Lipinski definition) is 3. The molecular weight excluding hydrogens is 533 g/mol. The monoisotopic (exact) mass is 571 g/mol. The Morgan fingerprint density at radius 3 is 2.50 bits per heavy atom. The van der Waals surface area contributed by atoms with Gasteiger partial charge in [-0.1, -0.05) is 57.9 Å². The molecule has 0 radical (unpaired) electrons. The molecule has 1 aromatic rings. The number of carboxylic acid groups (broad SMARTS) is 1. The average molecular weight is 572 g/mol. The van der Waals surface area contributed by atoms with E-state index in [0.29, 0.717) is 40.2 Å². The molecule has 40 heavy (non-hydrogen) atoms. The van der Waals surface area contributed by atoms with Gasteiger partial charge < -0.3 is 10.0 Å². The van der Waals surface area contributed by atoms with E-state index in [-0.39, 0.29) is 23.9 Å². The number of aliphatic imine (C=N–C) groups is 3. The van der Waals surface area contributed by atoms with Gasteiger partial charge in [0.2, 0.25) is 0 Å². The lowest BCUT2D eigenvalue weighted by Crippen LogP contribution is -2.48. The highest BCUT2D eigenvalue weighted by atomic mass is 35.5. The van der Waals surface area contributed by atoms with Gasteiger partial charge in [0.1, 0.15) is 17.1 Å². The number of rotatable bonds is 7. The quantitative estimate of drug-likeness (QED) is 0.195. The topological polar surface area (TPSA) is 126 Å². The molecule has 1 saturated carbocycles. The third kappa shape index (κ3) is 7.43. The Morgan fingerprint density at radius 1 is 1.27 bits per heavy atom. The Kier molecular flexibility index (Phi) is 9.69. The molecule has 0 aromatic carbocycles. The van der Waals surface area contributed by atoms with Crippen LogP contribution < -0.4 is 5.32 Å². The Hall–Kier alpha value is -3.36. The predicted molar refractivity (Wildman–Crippen MR) is 159 cm³/mol. The van der Waals surface area contributed by atoms with Gasteiger partial charge in [0.05, 0.1) is 11.6 Å². The Labute approximate surface area is 240 Å². The smallest absolute Gasteiger partial charge is 0.410 e. The number of alkyl halides is 1. The standard InChI is InChI=1S/C29H39ClFN7O2/c1-17-8-10-19(11-9-17)15-38(16-29(6,31)28(3,4)5)23-12-22(20-13-34-14-21(30)18(20)2)35-26(37-25(23)33-7)24(32)36-27(39)40/h13-14,17,19H,7-11,15-16H2,1-6H3,(H2,32,36)(H,39,40)/t17-,19-,29?. The van der Waals surface area contributed by atoms with E-state index in [1.807, 2.05) is 31.0 Å². The van der Waals surface area contributed by atoms with E-state index in [9.17, 15) is 9.90 Å². The van der Waals surface area contributed by atoms with Crippen molar-refractivity contribution in [2.75, 3.05) is 13.1 Å². The van der Waals surface area contributed by atoms with Crippen LogP contribution in [0.5, 0.6) is 0 Å². The number of hydrogen-bond acceptors (Lipinski definition) is 7. The van der Waals surface area contributed by atoms with Crippen LogP contribution in [0.15, 0.2) is 38.8 Å². The normalized spacial score (nSPS) is 21.1. The Balaban J connectivity index is 2.26. The number of pyridine rings is 1. The van der Waals surface area contributed by atoms with Crippen LogP contribution in [-0.4, -0.2) is 64.1 Å². The summed E-state index contributed by atoms with van der Waals surface area (Å²) in [5, 5.41) is 19.9. The van der Waals surface area contributed by atoms with Crippen LogP contribution >= 0.6 is 11.6 Å². The summed E-state index contributed by atoms with van der Waals surface area (Å²) in [6.07, 6.45) is 5.85. The van der Waals surface area contributed by atoms with Gasteiger partial charge in [0.25, 0.3) is 0 Å². The summed E-state index contributed by atoms with van der Waals surface area (Å²) < 4.78 is 16.3.